The van der Waals surface area contributed by atoms with Crippen LogP contribution >= 0.6 is 0 Å². The molecule has 1 saturated carbocycles. The highest BCUT2D eigenvalue weighted by molar-refractivity contribution is 7.92. The fourth-order valence-corrected chi connectivity index (χ4v) is 4.99. The number of nitrogens with zero attached hydrogens (tertiary/aromatic N) is 1. The maximum atomic E-state index is 12.4. The van der Waals surface area contributed by atoms with Gasteiger partial charge in [-0.3, -0.25) is 13.9 Å². The first-order valence-electron chi connectivity index (χ1n) is 9.64. The van der Waals surface area contributed by atoms with Crippen LogP contribution in [0.2, 0.25) is 0 Å². The summed E-state index contributed by atoms with van der Waals surface area (Å²) >= 11 is 0. The molecule has 1 aromatic carbocycles. The highest BCUT2D eigenvalue weighted by Crippen LogP contribution is 2.30. The SMILES string of the molecule is CS(=O)(=O)N1CCCc2cc(C(=O)COC(=O)CC3CCCCC3)ccc21. The molecule has 1 fully saturated rings. The first-order chi connectivity index (χ1) is 12.8. The Balaban J connectivity index is 1.60. The standard InChI is InChI=1S/C20H27NO5S/c1-27(24,25)21-11-5-8-16-13-17(9-10-18(16)21)19(22)14-26-20(23)12-15-6-3-2-4-7-15/h9-10,13,15H,2-8,11-12,14H2,1H3. The van der Waals surface area contributed by atoms with Gasteiger partial charge in [-0.1, -0.05) is 19.3 Å². The van der Waals surface area contributed by atoms with Crippen molar-refractivity contribution in [3.8, 4) is 0 Å². The van der Waals surface area contributed by atoms with Crippen LogP contribution in [0.5, 0.6) is 0 Å². The number of hydrogen-bond donors (Lipinski definition) is 0. The van der Waals surface area contributed by atoms with E-state index in [9.17, 15) is 18.0 Å². The Kier molecular flexibility index (Phi) is 6.19. The number of Topliss-reactive ketones (excluding diaryl/α,β-unsaturated/α-hetero) is 1. The lowest BCUT2D eigenvalue weighted by Gasteiger charge is -2.29. The van der Waals surface area contributed by atoms with Gasteiger partial charge in [0.05, 0.1) is 11.9 Å². The van der Waals surface area contributed by atoms with E-state index in [0.717, 1.165) is 37.7 Å². The summed E-state index contributed by atoms with van der Waals surface area (Å²) in [4.78, 5) is 24.4. The zero-order valence-electron chi connectivity index (χ0n) is 15.8. The summed E-state index contributed by atoms with van der Waals surface area (Å²) in [6.45, 7) is 0.192. The Hall–Kier alpha value is -1.89. The number of carbonyl (C=O) groups excluding carboxylic acids is 2. The van der Waals surface area contributed by atoms with E-state index >= 15 is 0 Å². The zero-order valence-corrected chi connectivity index (χ0v) is 16.6. The minimum absolute atomic E-state index is 0.258. The van der Waals surface area contributed by atoms with E-state index in [1.807, 2.05) is 0 Å². The summed E-state index contributed by atoms with van der Waals surface area (Å²) in [7, 11) is -3.33. The third kappa shape index (κ3) is 5.09. The fourth-order valence-electron chi connectivity index (χ4n) is 4.00. The largest absolute Gasteiger partial charge is 0.457 e. The summed E-state index contributed by atoms with van der Waals surface area (Å²) in [5.74, 6) is -0.185. The maximum absolute atomic E-state index is 12.4. The van der Waals surface area contributed by atoms with Crippen molar-refractivity contribution in [2.45, 2.75) is 51.4 Å². The first-order valence-corrected chi connectivity index (χ1v) is 11.5. The minimum atomic E-state index is -3.33. The van der Waals surface area contributed by atoms with Gasteiger partial charge in [0.15, 0.2) is 12.4 Å². The number of aryl methyl sites for hydroxylation is 1. The molecule has 6 nitrogen and oxygen atoms in total. The Morgan fingerprint density at radius 1 is 1.15 bits per heavy atom. The summed E-state index contributed by atoms with van der Waals surface area (Å²) in [6.07, 6.45) is 8.70. The maximum Gasteiger partial charge on any atom is 0.306 e. The molecule has 1 aliphatic heterocycles. The molecule has 1 aromatic rings. The second-order valence-electron chi connectivity index (χ2n) is 7.57. The van der Waals surface area contributed by atoms with E-state index in [0.29, 0.717) is 36.6 Å². The number of carbonyl (C=O) groups is 2. The Bertz CT molecular complexity index is 812. The van der Waals surface area contributed by atoms with Crippen molar-refractivity contribution in [2.24, 2.45) is 5.92 Å². The van der Waals surface area contributed by atoms with Crippen LogP contribution in [0.25, 0.3) is 0 Å². The first kappa shape index (κ1) is 19.9. The predicted octanol–water partition coefficient (Wildman–Crippen LogP) is 3.10. The minimum Gasteiger partial charge on any atom is -0.457 e. The van der Waals surface area contributed by atoms with Gasteiger partial charge in [0, 0.05) is 18.5 Å². The molecule has 1 aliphatic carbocycles. The lowest BCUT2D eigenvalue weighted by Crippen LogP contribution is -2.34. The summed E-state index contributed by atoms with van der Waals surface area (Å²) in [6, 6.07) is 5.01. The van der Waals surface area contributed by atoms with Crippen LogP contribution in [0, 0.1) is 5.92 Å². The van der Waals surface area contributed by atoms with E-state index < -0.39 is 10.0 Å². The van der Waals surface area contributed by atoms with Crippen molar-refractivity contribution in [1.82, 2.24) is 0 Å². The highest BCUT2D eigenvalue weighted by atomic mass is 32.2. The van der Waals surface area contributed by atoms with Crippen LogP contribution in [0.1, 0.15) is 60.9 Å². The molecule has 0 aromatic heterocycles. The van der Waals surface area contributed by atoms with Crippen LogP contribution in [0.4, 0.5) is 5.69 Å². The third-order valence-electron chi connectivity index (χ3n) is 5.42. The lowest BCUT2D eigenvalue weighted by molar-refractivity contribution is -0.143. The molecule has 0 amide bonds. The summed E-state index contributed by atoms with van der Waals surface area (Å²) < 4.78 is 30.4. The molecule has 0 N–H and O–H groups in total. The smallest absolute Gasteiger partial charge is 0.306 e. The van der Waals surface area contributed by atoms with Crippen LogP contribution in [-0.4, -0.2) is 39.6 Å². The van der Waals surface area contributed by atoms with E-state index in [4.69, 9.17) is 4.74 Å². The Labute approximate surface area is 160 Å². The molecule has 0 bridgehead atoms. The molecule has 7 heteroatoms. The van der Waals surface area contributed by atoms with Crippen molar-refractivity contribution in [3.63, 3.8) is 0 Å². The van der Waals surface area contributed by atoms with E-state index in [1.165, 1.54) is 17.0 Å². The van der Waals surface area contributed by atoms with Gasteiger partial charge in [0.1, 0.15) is 0 Å². The van der Waals surface area contributed by atoms with Gasteiger partial charge in [-0.15, -0.1) is 0 Å². The summed E-state index contributed by atoms with van der Waals surface area (Å²) in [5, 5.41) is 0. The molecule has 27 heavy (non-hydrogen) atoms. The number of ketones is 1. The van der Waals surface area contributed by atoms with Gasteiger partial charge in [0.2, 0.25) is 10.0 Å². The summed E-state index contributed by atoms with van der Waals surface area (Å²) in [5.41, 5.74) is 1.93. The molecule has 3 rings (SSSR count). The Morgan fingerprint density at radius 2 is 1.89 bits per heavy atom. The second kappa shape index (κ2) is 8.42. The predicted molar refractivity (Wildman–Crippen MR) is 103 cm³/mol. The molecule has 0 spiro atoms. The van der Waals surface area contributed by atoms with Gasteiger partial charge in [-0.25, -0.2) is 8.42 Å². The molecule has 0 atom stereocenters. The average Bonchev–Trinajstić information content (AvgIpc) is 2.65. The van der Waals surface area contributed by atoms with Crippen LogP contribution < -0.4 is 4.31 Å². The van der Waals surface area contributed by atoms with Gasteiger partial charge >= 0.3 is 5.97 Å². The van der Waals surface area contributed by atoms with Gasteiger partial charge < -0.3 is 4.74 Å². The molecular formula is C20H27NO5S. The van der Waals surface area contributed by atoms with Crippen LogP contribution in [0.3, 0.4) is 0 Å². The molecule has 0 saturated heterocycles. The van der Waals surface area contributed by atoms with Crippen LogP contribution in [-0.2, 0) is 26.0 Å². The van der Waals surface area contributed by atoms with Crippen molar-refractivity contribution in [2.75, 3.05) is 23.7 Å². The number of sulfonamides is 1. The normalized spacial score (nSPS) is 18.0. The topological polar surface area (TPSA) is 80.8 Å². The average molecular weight is 394 g/mol. The van der Waals surface area contributed by atoms with E-state index in [1.54, 1.807) is 18.2 Å². The number of benzene rings is 1. The number of hydrogen-bond acceptors (Lipinski definition) is 5. The second-order valence-corrected chi connectivity index (χ2v) is 9.48. The number of anilines is 1. The molecule has 0 radical (unpaired) electrons. The molecule has 0 unspecified atom stereocenters. The highest BCUT2D eigenvalue weighted by Gasteiger charge is 2.25. The monoisotopic (exact) mass is 393 g/mol. The zero-order chi connectivity index (χ0) is 19.4. The van der Waals surface area contributed by atoms with Crippen molar-refractivity contribution in [1.29, 1.82) is 0 Å². The van der Waals surface area contributed by atoms with Gasteiger partial charge in [0.25, 0.3) is 0 Å². The lowest BCUT2D eigenvalue weighted by atomic mass is 9.87. The van der Waals surface area contributed by atoms with Gasteiger partial charge in [-0.05, 0) is 55.4 Å². The van der Waals surface area contributed by atoms with Crippen molar-refractivity contribution < 1.29 is 22.7 Å². The van der Waals surface area contributed by atoms with Gasteiger partial charge in [-0.2, -0.15) is 0 Å². The van der Waals surface area contributed by atoms with E-state index in [2.05, 4.69) is 0 Å². The molecular weight excluding hydrogens is 366 g/mol. The molecule has 1 heterocycles. The van der Waals surface area contributed by atoms with Crippen molar-refractivity contribution >= 4 is 27.5 Å². The third-order valence-corrected chi connectivity index (χ3v) is 6.60. The fraction of sp³-hybridized carbons (Fsp3) is 0.600. The molecule has 148 valence electrons. The van der Waals surface area contributed by atoms with Crippen molar-refractivity contribution in [3.05, 3.63) is 29.3 Å². The number of fused-ring (bicyclic) bond motifs is 1. The quantitative estimate of drug-likeness (QED) is 0.548. The number of ether oxygens (including phenoxy) is 1. The molecule has 2 aliphatic rings. The van der Waals surface area contributed by atoms with E-state index in [-0.39, 0.29) is 18.4 Å². The number of esters is 1. The van der Waals surface area contributed by atoms with Crippen LogP contribution in [0.15, 0.2) is 18.2 Å². The Morgan fingerprint density at radius 3 is 2.59 bits per heavy atom. The number of rotatable bonds is 6.